The summed E-state index contributed by atoms with van der Waals surface area (Å²) in [7, 11) is 0. The van der Waals surface area contributed by atoms with Gasteiger partial charge in [-0.1, -0.05) is 36.5 Å². The van der Waals surface area contributed by atoms with Crippen LogP contribution in [0.5, 0.6) is 5.75 Å². The number of hydrogen-bond acceptors (Lipinski definition) is 3. The maximum atomic E-state index is 9.87. The van der Waals surface area contributed by atoms with E-state index in [0.717, 1.165) is 17.9 Å². The van der Waals surface area contributed by atoms with Gasteiger partial charge in [0.25, 0.3) is 0 Å². The van der Waals surface area contributed by atoms with Crippen molar-refractivity contribution in [3.63, 3.8) is 0 Å². The Balaban J connectivity index is 1.89. The Morgan fingerprint density at radius 2 is 2.15 bits per heavy atom. The molecular weight excluding hydrogens is 254 g/mol. The number of hydrogen-bond donors (Lipinski definition) is 1. The monoisotopic (exact) mass is 275 g/mol. The van der Waals surface area contributed by atoms with Crippen LogP contribution in [0.2, 0.25) is 0 Å². The number of nitrogens with zero attached hydrogens (tertiary/aromatic N) is 3. The Labute approximate surface area is 119 Å². The molecule has 5 nitrogen and oxygen atoms in total. The average Bonchev–Trinajstić information content (AvgIpc) is 2.52. The van der Waals surface area contributed by atoms with Gasteiger partial charge in [0.15, 0.2) is 0 Å². The number of azide groups is 1. The molecule has 0 spiro atoms. The molecule has 5 heteroatoms. The Hall–Kier alpha value is -1.71. The van der Waals surface area contributed by atoms with Crippen molar-refractivity contribution < 1.29 is 9.84 Å². The zero-order valence-corrected chi connectivity index (χ0v) is 11.6. The summed E-state index contributed by atoms with van der Waals surface area (Å²) in [5.74, 6) is 1.42. The molecule has 0 aromatic heterocycles. The first kappa shape index (κ1) is 14.7. The summed E-state index contributed by atoms with van der Waals surface area (Å²) in [5, 5.41) is 13.3. The predicted molar refractivity (Wildman–Crippen MR) is 77.5 cm³/mol. The first-order chi connectivity index (χ1) is 9.79. The van der Waals surface area contributed by atoms with Crippen molar-refractivity contribution in [1.29, 1.82) is 0 Å². The number of aliphatic hydroxyl groups excluding tert-OH is 1. The minimum absolute atomic E-state index is 0.0442. The van der Waals surface area contributed by atoms with Crippen molar-refractivity contribution in [1.82, 2.24) is 0 Å². The molecule has 1 aliphatic carbocycles. The number of rotatable bonds is 6. The van der Waals surface area contributed by atoms with Gasteiger partial charge in [0.1, 0.15) is 5.75 Å². The lowest BCUT2D eigenvalue weighted by molar-refractivity contribution is 0.184. The number of ether oxygens (including phenoxy) is 1. The lowest BCUT2D eigenvalue weighted by Gasteiger charge is -2.22. The fourth-order valence-electron chi connectivity index (χ4n) is 2.60. The van der Waals surface area contributed by atoms with Gasteiger partial charge in [-0.15, -0.1) is 0 Å². The highest BCUT2D eigenvalue weighted by molar-refractivity contribution is 5.30. The largest absolute Gasteiger partial charge is 0.493 e. The maximum absolute atomic E-state index is 9.87. The molecule has 1 aliphatic rings. The average molecular weight is 275 g/mol. The van der Waals surface area contributed by atoms with E-state index in [1.54, 1.807) is 0 Å². The van der Waals surface area contributed by atoms with Gasteiger partial charge in [-0.2, -0.15) is 0 Å². The van der Waals surface area contributed by atoms with Gasteiger partial charge in [-0.05, 0) is 42.0 Å². The van der Waals surface area contributed by atoms with E-state index in [4.69, 9.17) is 10.3 Å². The van der Waals surface area contributed by atoms with Crippen LogP contribution in [0.4, 0.5) is 0 Å². The molecule has 0 radical (unpaired) electrons. The molecule has 0 heterocycles. The molecule has 20 heavy (non-hydrogen) atoms. The van der Waals surface area contributed by atoms with E-state index in [2.05, 4.69) is 10.0 Å². The minimum atomic E-state index is -0.774. The summed E-state index contributed by atoms with van der Waals surface area (Å²) in [4.78, 5) is 2.65. The normalized spacial score (nSPS) is 17.2. The van der Waals surface area contributed by atoms with Crippen LogP contribution < -0.4 is 4.74 Å². The molecule has 1 atom stereocenters. The van der Waals surface area contributed by atoms with Gasteiger partial charge in [0.2, 0.25) is 0 Å². The van der Waals surface area contributed by atoms with Crippen LogP contribution in [0, 0.1) is 5.92 Å². The number of benzene rings is 1. The predicted octanol–water partition coefficient (Wildman–Crippen LogP) is 3.99. The molecule has 1 aromatic rings. The summed E-state index contributed by atoms with van der Waals surface area (Å²) in [5.41, 5.74) is 8.99. The molecule has 1 fully saturated rings. The van der Waals surface area contributed by atoms with E-state index in [9.17, 15) is 5.11 Å². The van der Waals surface area contributed by atoms with Gasteiger partial charge in [0.05, 0.1) is 19.3 Å². The van der Waals surface area contributed by atoms with E-state index < -0.39 is 6.10 Å². The summed E-state index contributed by atoms with van der Waals surface area (Å²) >= 11 is 0. The quantitative estimate of drug-likeness (QED) is 0.484. The highest BCUT2D eigenvalue weighted by atomic mass is 16.5. The van der Waals surface area contributed by atoms with Crippen molar-refractivity contribution in [2.45, 2.75) is 38.2 Å². The molecule has 0 amide bonds. The van der Waals surface area contributed by atoms with Gasteiger partial charge < -0.3 is 9.84 Å². The van der Waals surface area contributed by atoms with Gasteiger partial charge in [-0.25, -0.2) is 0 Å². The van der Waals surface area contributed by atoms with E-state index in [1.165, 1.54) is 32.1 Å². The first-order valence-electron chi connectivity index (χ1n) is 7.21. The summed E-state index contributed by atoms with van der Waals surface area (Å²) < 4.78 is 5.83. The van der Waals surface area contributed by atoms with E-state index in [1.807, 2.05) is 24.3 Å². The summed E-state index contributed by atoms with van der Waals surface area (Å²) in [6, 6.07) is 7.38. The molecule has 0 aliphatic heterocycles. The van der Waals surface area contributed by atoms with Crippen molar-refractivity contribution in [2.24, 2.45) is 11.0 Å². The Morgan fingerprint density at radius 3 is 2.90 bits per heavy atom. The summed E-state index contributed by atoms with van der Waals surface area (Å²) in [6.07, 6.45) is 5.68. The van der Waals surface area contributed by atoms with E-state index in [0.29, 0.717) is 5.92 Å². The van der Waals surface area contributed by atoms with Crippen LogP contribution in [0.15, 0.2) is 29.4 Å². The molecule has 1 N–H and O–H groups in total. The highest BCUT2D eigenvalue weighted by Crippen LogP contribution is 2.25. The smallest absolute Gasteiger partial charge is 0.119 e. The fraction of sp³-hybridized carbons (Fsp3) is 0.600. The first-order valence-corrected chi connectivity index (χ1v) is 7.21. The second kappa shape index (κ2) is 7.78. The van der Waals surface area contributed by atoms with Crippen LogP contribution in [0.3, 0.4) is 0 Å². The Kier molecular flexibility index (Phi) is 5.71. The van der Waals surface area contributed by atoms with Crippen LogP contribution in [0.1, 0.15) is 43.8 Å². The second-order valence-corrected chi connectivity index (χ2v) is 5.32. The van der Waals surface area contributed by atoms with E-state index >= 15 is 0 Å². The zero-order valence-electron chi connectivity index (χ0n) is 11.6. The van der Waals surface area contributed by atoms with Gasteiger partial charge in [-0.3, -0.25) is 0 Å². The molecule has 1 aromatic carbocycles. The van der Waals surface area contributed by atoms with Crippen molar-refractivity contribution in [2.75, 3.05) is 13.2 Å². The lowest BCUT2D eigenvalue weighted by Crippen LogP contribution is -2.15. The lowest BCUT2D eigenvalue weighted by atomic mass is 9.90. The van der Waals surface area contributed by atoms with Gasteiger partial charge in [0, 0.05) is 4.91 Å². The SMILES string of the molecule is [N-]=[N+]=NCC(O)c1cccc(OCC2CCCCC2)c1. The standard InChI is InChI=1S/C15H21N3O2/c16-18-17-10-15(19)13-7-4-8-14(9-13)20-11-12-5-2-1-3-6-12/h4,7-9,12,15,19H,1-3,5-6,10-11H2. The fourth-order valence-corrected chi connectivity index (χ4v) is 2.60. The topological polar surface area (TPSA) is 78.2 Å². The minimum Gasteiger partial charge on any atom is -0.493 e. The third-order valence-electron chi connectivity index (χ3n) is 3.77. The molecule has 2 rings (SSSR count). The third-order valence-corrected chi connectivity index (χ3v) is 3.77. The van der Waals surface area contributed by atoms with Crippen molar-refractivity contribution in [3.8, 4) is 5.75 Å². The second-order valence-electron chi connectivity index (χ2n) is 5.32. The van der Waals surface area contributed by atoms with Crippen molar-refractivity contribution in [3.05, 3.63) is 40.3 Å². The summed E-state index contributed by atoms with van der Waals surface area (Å²) in [6.45, 7) is 0.790. The van der Waals surface area contributed by atoms with E-state index in [-0.39, 0.29) is 6.54 Å². The van der Waals surface area contributed by atoms with Crippen molar-refractivity contribution >= 4 is 0 Å². The molecular formula is C15H21N3O2. The Bertz CT molecular complexity index is 466. The number of aliphatic hydroxyl groups is 1. The zero-order chi connectivity index (χ0) is 14.2. The molecule has 108 valence electrons. The Morgan fingerprint density at radius 1 is 1.35 bits per heavy atom. The van der Waals surface area contributed by atoms with Crippen LogP contribution >= 0.6 is 0 Å². The third kappa shape index (κ3) is 4.44. The highest BCUT2D eigenvalue weighted by Gasteiger charge is 2.14. The van der Waals surface area contributed by atoms with Gasteiger partial charge >= 0.3 is 0 Å². The molecule has 0 bridgehead atoms. The van der Waals surface area contributed by atoms with Crippen LogP contribution in [-0.2, 0) is 0 Å². The van der Waals surface area contributed by atoms with Crippen LogP contribution in [-0.4, -0.2) is 18.3 Å². The maximum Gasteiger partial charge on any atom is 0.119 e. The molecule has 1 saturated carbocycles. The molecule has 1 unspecified atom stereocenters. The molecule has 0 saturated heterocycles. The van der Waals surface area contributed by atoms with Crippen LogP contribution in [0.25, 0.3) is 10.4 Å².